The number of hydrogen-bond acceptors (Lipinski definition) is 2. The zero-order valence-corrected chi connectivity index (χ0v) is 31.4. The Balaban J connectivity index is 1.29. The molecule has 0 atom stereocenters. The van der Waals surface area contributed by atoms with Crippen molar-refractivity contribution in [1.29, 1.82) is 0 Å². The molecule has 0 radical (unpaired) electrons. The highest BCUT2D eigenvalue weighted by molar-refractivity contribution is 7.26. The number of thiophene rings is 1. The monoisotopic (exact) mass is 729 g/mol. The molecule has 262 valence electrons. The van der Waals surface area contributed by atoms with Crippen LogP contribution in [0.1, 0.15) is 22.3 Å². The molecule has 1 nitrogen and oxygen atoms in total. The quantitative estimate of drug-likeness (QED) is 0.166. The first-order valence-electron chi connectivity index (χ1n) is 19.2. The van der Waals surface area contributed by atoms with Crippen LogP contribution >= 0.6 is 11.3 Å². The van der Waals surface area contributed by atoms with Crippen molar-refractivity contribution in [3.8, 4) is 55.9 Å². The Labute approximate surface area is 330 Å². The van der Waals surface area contributed by atoms with Gasteiger partial charge in [0.25, 0.3) is 0 Å². The van der Waals surface area contributed by atoms with E-state index in [-0.39, 0.29) is 0 Å². The molecule has 2 aromatic heterocycles. The molecule has 2 heterocycles. The molecule has 0 saturated heterocycles. The zero-order chi connectivity index (χ0) is 37.1. The van der Waals surface area contributed by atoms with Crippen molar-refractivity contribution in [2.75, 3.05) is 0 Å². The first-order chi connectivity index (χ1) is 27.8. The van der Waals surface area contributed by atoms with Crippen molar-refractivity contribution in [2.24, 2.45) is 0 Å². The van der Waals surface area contributed by atoms with E-state index < -0.39 is 5.41 Å². The van der Waals surface area contributed by atoms with E-state index in [1.165, 1.54) is 64.7 Å². The molecule has 56 heavy (non-hydrogen) atoms. The van der Waals surface area contributed by atoms with Gasteiger partial charge in [-0.3, -0.25) is 0 Å². The minimum absolute atomic E-state index is 0.537. The average Bonchev–Trinajstić information content (AvgIpc) is 3.81. The average molecular weight is 730 g/mol. The Bertz CT molecular complexity index is 2960. The molecule has 11 rings (SSSR count). The van der Waals surface area contributed by atoms with Gasteiger partial charge in [0.1, 0.15) is 0 Å². The predicted molar refractivity (Wildman–Crippen MR) is 236 cm³/mol. The topological polar surface area (TPSA) is 12.9 Å². The van der Waals surface area contributed by atoms with Crippen molar-refractivity contribution in [3.63, 3.8) is 0 Å². The largest absolute Gasteiger partial charge is 0.248 e. The summed E-state index contributed by atoms with van der Waals surface area (Å²) in [6.45, 7) is 0. The van der Waals surface area contributed by atoms with E-state index in [1.807, 2.05) is 11.3 Å². The van der Waals surface area contributed by atoms with Crippen LogP contribution in [-0.4, -0.2) is 4.98 Å². The summed E-state index contributed by atoms with van der Waals surface area (Å²) in [4.78, 5) is 5.58. The first kappa shape index (κ1) is 32.6. The summed E-state index contributed by atoms with van der Waals surface area (Å²) in [6.07, 6.45) is 0. The highest BCUT2D eigenvalue weighted by atomic mass is 32.1. The lowest BCUT2D eigenvalue weighted by Gasteiger charge is -2.34. The van der Waals surface area contributed by atoms with E-state index in [0.29, 0.717) is 0 Å². The summed E-state index contributed by atoms with van der Waals surface area (Å²) in [5.41, 5.74) is 15.9. The molecule has 0 bridgehead atoms. The Morgan fingerprint density at radius 2 is 0.911 bits per heavy atom. The van der Waals surface area contributed by atoms with Gasteiger partial charge in [-0.25, -0.2) is 4.98 Å². The maximum absolute atomic E-state index is 5.58. The Morgan fingerprint density at radius 3 is 1.64 bits per heavy atom. The molecule has 1 aliphatic carbocycles. The molecule has 8 aromatic carbocycles. The minimum Gasteiger partial charge on any atom is -0.248 e. The van der Waals surface area contributed by atoms with Crippen LogP contribution in [0.3, 0.4) is 0 Å². The van der Waals surface area contributed by atoms with E-state index in [4.69, 9.17) is 4.98 Å². The van der Waals surface area contributed by atoms with Crippen LogP contribution < -0.4 is 0 Å². The van der Waals surface area contributed by atoms with Gasteiger partial charge in [-0.15, -0.1) is 11.3 Å². The van der Waals surface area contributed by atoms with Crippen LogP contribution in [0.25, 0.3) is 76.1 Å². The van der Waals surface area contributed by atoms with Crippen molar-refractivity contribution in [3.05, 3.63) is 235 Å². The lowest BCUT2D eigenvalue weighted by atomic mass is 9.67. The third kappa shape index (κ3) is 5.04. The summed E-state index contributed by atoms with van der Waals surface area (Å²) < 4.78 is 2.59. The van der Waals surface area contributed by atoms with Crippen LogP contribution in [0.5, 0.6) is 0 Å². The second kappa shape index (κ2) is 13.2. The summed E-state index contributed by atoms with van der Waals surface area (Å²) in [7, 11) is 0. The fourth-order valence-corrected chi connectivity index (χ4v) is 10.3. The first-order valence-corrected chi connectivity index (χ1v) is 20.0. The molecular weight excluding hydrogens is 695 g/mol. The highest BCUT2D eigenvalue weighted by Crippen LogP contribution is 2.58. The zero-order valence-electron chi connectivity index (χ0n) is 30.6. The van der Waals surface area contributed by atoms with Crippen LogP contribution in [0.2, 0.25) is 0 Å². The fraction of sp³-hybridized carbons (Fsp3) is 0.0185. The SMILES string of the molecule is c1ccc(-c2cc(-c3ccccc3)nc(-c3cc4c(cc3-c3cccc5c3sc3ccccc35)-c3ccccc3C4(c3ccccc3)c3ccccc3)c2)cc1. The van der Waals surface area contributed by atoms with Gasteiger partial charge in [0.2, 0.25) is 0 Å². The van der Waals surface area contributed by atoms with Crippen LogP contribution in [-0.2, 0) is 5.41 Å². The molecule has 10 aromatic rings. The molecule has 0 aliphatic heterocycles. The Morgan fingerprint density at radius 1 is 0.339 bits per heavy atom. The molecule has 0 unspecified atom stereocenters. The number of aromatic nitrogens is 1. The second-order valence-electron chi connectivity index (χ2n) is 14.6. The highest BCUT2D eigenvalue weighted by Gasteiger charge is 2.46. The smallest absolute Gasteiger partial charge is 0.0722 e. The van der Waals surface area contributed by atoms with Crippen LogP contribution in [0, 0.1) is 0 Å². The summed E-state index contributed by atoms with van der Waals surface area (Å²) >= 11 is 1.88. The van der Waals surface area contributed by atoms with Crippen molar-refractivity contribution < 1.29 is 0 Å². The number of benzene rings is 8. The van der Waals surface area contributed by atoms with E-state index in [0.717, 1.165) is 33.6 Å². The van der Waals surface area contributed by atoms with E-state index in [9.17, 15) is 0 Å². The van der Waals surface area contributed by atoms with Gasteiger partial charge in [0, 0.05) is 36.9 Å². The lowest BCUT2D eigenvalue weighted by Crippen LogP contribution is -2.28. The van der Waals surface area contributed by atoms with Gasteiger partial charge >= 0.3 is 0 Å². The number of pyridine rings is 1. The molecule has 0 fully saturated rings. The molecule has 1 aliphatic rings. The summed E-state index contributed by atoms with van der Waals surface area (Å²) in [6, 6.07) is 77.6. The Kier molecular flexibility index (Phi) is 7.65. The van der Waals surface area contributed by atoms with Gasteiger partial charge in [-0.05, 0) is 80.4 Å². The van der Waals surface area contributed by atoms with Gasteiger partial charge in [-0.1, -0.05) is 182 Å². The Hall–Kier alpha value is -6.87. The molecular formula is C54H35NS. The predicted octanol–water partition coefficient (Wildman–Crippen LogP) is 14.5. The van der Waals surface area contributed by atoms with Gasteiger partial charge in [0.15, 0.2) is 0 Å². The van der Waals surface area contributed by atoms with Crippen LogP contribution in [0.15, 0.2) is 212 Å². The summed E-state index contributed by atoms with van der Waals surface area (Å²) in [5, 5.41) is 2.58. The number of nitrogens with zero attached hydrogens (tertiary/aromatic N) is 1. The molecule has 0 spiro atoms. The van der Waals surface area contributed by atoms with E-state index in [1.54, 1.807) is 0 Å². The minimum atomic E-state index is -0.537. The van der Waals surface area contributed by atoms with Gasteiger partial charge in [0.05, 0.1) is 16.8 Å². The van der Waals surface area contributed by atoms with Crippen molar-refractivity contribution in [1.82, 2.24) is 4.98 Å². The standard InChI is InChI=1S/C54H35NS/c1-5-18-36(19-6-1)38-32-50(37-20-7-2-8-21-37)55-51(33-38)47-35-49-46(34-45(47)44-29-17-28-43-42-27-14-16-31-52(42)56-53(43)44)41-26-13-15-30-48(41)54(49,39-22-9-3-10-23-39)40-24-11-4-12-25-40/h1-35H. The van der Waals surface area contributed by atoms with E-state index >= 15 is 0 Å². The van der Waals surface area contributed by atoms with E-state index in [2.05, 4.69) is 212 Å². The molecule has 0 N–H and O–H groups in total. The lowest BCUT2D eigenvalue weighted by molar-refractivity contribution is 0.769. The molecule has 2 heteroatoms. The van der Waals surface area contributed by atoms with Crippen molar-refractivity contribution >= 4 is 31.5 Å². The third-order valence-corrected chi connectivity index (χ3v) is 12.8. The normalized spacial score (nSPS) is 12.8. The maximum Gasteiger partial charge on any atom is 0.0722 e. The van der Waals surface area contributed by atoms with Crippen molar-refractivity contribution in [2.45, 2.75) is 5.41 Å². The number of fused-ring (bicyclic) bond motifs is 6. The fourth-order valence-electron chi connectivity index (χ4n) is 9.10. The third-order valence-electron chi connectivity index (χ3n) is 11.6. The van der Waals surface area contributed by atoms with Gasteiger partial charge < -0.3 is 0 Å². The summed E-state index contributed by atoms with van der Waals surface area (Å²) in [5.74, 6) is 0. The molecule has 0 amide bonds. The number of rotatable bonds is 6. The molecule has 0 saturated carbocycles. The second-order valence-corrected chi connectivity index (χ2v) is 15.7. The van der Waals surface area contributed by atoms with Crippen LogP contribution in [0.4, 0.5) is 0 Å². The maximum atomic E-state index is 5.58. The van der Waals surface area contributed by atoms with Gasteiger partial charge in [-0.2, -0.15) is 0 Å². The number of hydrogen-bond donors (Lipinski definition) is 0.